The summed E-state index contributed by atoms with van der Waals surface area (Å²) in [6.45, 7) is 0. The highest BCUT2D eigenvalue weighted by atomic mass is 35.5. The fourth-order valence-electron chi connectivity index (χ4n) is 1.95. The van der Waals surface area contributed by atoms with E-state index in [0.29, 0.717) is 11.8 Å². The topological polar surface area (TPSA) is 38.9 Å². The lowest BCUT2D eigenvalue weighted by atomic mass is 9.77. The minimum atomic E-state index is 0.279. The number of hydrogen-bond donors (Lipinski definition) is 0. The van der Waals surface area contributed by atoms with Gasteiger partial charge in [0.15, 0.2) is 5.82 Å². The molecular weight excluding hydrogens is 212 g/mol. The number of benzene rings is 1. The standard InChI is InChI=1S/C11H9ClN2O/c12-6-10-13-11(14-15-10)9-5-7-3-1-2-4-8(7)9/h1-4,9H,5-6H2. The van der Waals surface area contributed by atoms with Crippen molar-refractivity contribution in [1.29, 1.82) is 0 Å². The Morgan fingerprint density at radius 2 is 2.27 bits per heavy atom. The fourth-order valence-corrected chi connectivity index (χ4v) is 2.06. The van der Waals surface area contributed by atoms with Crippen LogP contribution in [0, 0.1) is 0 Å². The Balaban J connectivity index is 1.93. The van der Waals surface area contributed by atoms with Crippen LogP contribution in [0.4, 0.5) is 0 Å². The van der Waals surface area contributed by atoms with E-state index in [-0.39, 0.29) is 5.88 Å². The lowest BCUT2D eigenvalue weighted by Gasteiger charge is -2.27. The zero-order valence-electron chi connectivity index (χ0n) is 7.98. The van der Waals surface area contributed by atoms with Crippen molar-refractivity contribution in [3.63, 3.8) is 0 Å². The van der Waals surface area contributed by atoms with Gasteiger partial charge in [-0.25, -0.2) is 0 Å². The second kappa shape index (κ2) is 3.35. The van der Waals surface area contributed by atoms with E-state index in [4.69, 9.17) is 16.1 Å². The molecule has 4 heteroatoms. The fraction of sp³-hybridized carbons (Fsp3) is 0.273. The summed E-state index contributed by atoms with van der Waals surface area (Å²) in [4.78, 5) is 4.24. The third kappa shape index (κ3) is 1.35. The largest absolute Gasteiger partial charge is 0.338 e. The molecule has 0 radical (unpaired) electrons. The van der Waals surface area contributed by atoms with Crippen molar-refractivity contribution < 1.29 is 4.52 Å². The maximum absolute atomic E-state index is 5.61. The van der Waals surface area contributed by atoms with Gasteiger partial charge < -0.3 is 4.52 Å². The Labute approximate surface area is 92.1 Å². The number of fused-ring (bicyclic) bond motifs is 1. The van der Waals surface area contributed by atoms with Crippen molar-refractivity contribution >= 4 is 11.6 Å². The smallest absolute Gasteiger partial charge is 0.241 e. The first-order chi connectivity index (χ1) is 7.38. The lowest BCUT2D eigenvalue weighted by molar-refractivity contribution is 0.380. The van der Waals surface area contributed by atoms with Gasteiger partial charge in [0.1, 0.15) is 5.88 Å². The molecule has 0 fully saturated rings. The monoisotopic (exact) mass is 220 g/mol. The van der Waals surface area contributed by atoms with Crippen LogP contribution in [0.1, 0.15) is 28.8 Å². The SMILES string of the molecule is ClCc1nc(C2Cc3ccccc32)no1. The Kier molecular flexibility index (Phi) is 1.99. The third-order valence-electron chi connectivity index (χ3n) is 2.76. The van der Waals surface area contributed by atoms with Crippen molar-refractivity contribution in [1.82, 2.24) is 10.1 Å². The second-order valence-corrected chi connectivity index (χ2v) is 3.90. The second-order valence-electron chi connectivity index (χ2n) is 3.64. The van der Waals surface area contributed by atoms with Gasteiger partial charge in [-0.2, -0.15) is 4.98 Å². The van der Waals surface area contributed by atoms with Gasteiger partial charge in [0.25, 0.3) is 0 Å². The molecule has 1 atom stereocenters. The lowest BCUT2D eigenvalue weighted by Crippen LogP contribution is -2.19. The summed E-state index contributed by atoms with van der Waals surface area (Å²) in [6.07, 6.45) is 0.997. The molecule has 3 rings (SSSR count). The summed E-state index contributed by atoms with van der Waals surface area (Å²) in [6, 6.07) is 8.33. The molecule has 0 amide bonds. The van der Waals surface area contributed by atoms with E-state index in [9.17, 15) is 0 Å². The van der Waals surface area contributed by atoms with Crippen LogP contribution in [0.15, 0.2) is 28.8 Å². The first kappa shape index (κ1) is 8.92. The number of halogens is 1. The van der Waals surface area contributed by atoms with E-state index >= 15 is 0 Å². The van der Waals surface area contributed by atoms with E-state index in [0.717, 1.165) is 12.2 Å². The molecule has 0 spiro atoms. The van der Waals surface area contributed by atoms with Crippen molar-refractivity contribution in [3.05, 3.63) is 47.1 Å². The van der Waals surface area contributed by atoms with Crippen LogP contribution >= 0.6 is 11.6 Å². The summed E-state index contributed by atoms with van der Waals surface area (Å²) in [7, 11) is 0. The van der Waals surface area contributed by atoms with Gasteiger partial charge in [-0.1, -0.05) is 29.4 Å². The molecule has 1 aliphatic rings. The quantitative estimate of drug-likeness (QED) is 0.730. The Hall–Kier alpha value is -1.35. The molecule has 1 aromatic heterocycles. The molecule has 1 aromatic carbocycles. The average Bonchev–Trinajstić information content (AvgIpc) is 2.68. The molecule has 15 heavy (non-hydrogen) atoms. The van der Waals surface area contributed by atoms with Gasteiger partial charge >= 0.3 is 0 Å². The summed E-state index contributed by atoms with van der Waals surface area (Å²) in [5.41, 5.74) is 2.68. The van der Waals surface area contributed by atoms with Crippen molar-refractivity contribution in [2.24, 2.45) is 0 Å². The van der Waals surface area contributed by atoms with Crippen LogP contribution in [0.25, 0.3) is 0 Å². The van der Waals surface area contributed by atoms with Gasteiger partial charge in [-0.3, -0.25) is 0 Å². The summed E-state index contributed by atoms with van der Waals surface area (Å²) in [5, 5.41) is 3.94. The molecule has 0 aliphatic heterocycles. The predicted molar refractivity (Wildman–Crippen MR) is 55.8 cm³/mol. The van der Waals surface area contributed by atoms with E-state index < -0.39 is 0 Å². The van der Waals surface area contributed by atoms with Gasteiger partial charge in [0, 0.05) is 0 Å². The van der Waals surface area contributed by atoms with Crippen LogP contribution in [-0.2, 0) is 12.3 Å². The zero-order valence-corrected chi connectivity index (χ0v) is 8.74. The van der Waals surface area contributed by atoms with Crippen molar-refractivity contribution in [3.8, 4) is 0 Å². The van der Waals surface area contributed by atoms with Crippen LogP contribution in [0.3, 0.4) is 0 Å². The maximum Gasteiger partial charge on any atom is 0.241 e. The molecule has 0 bridgehead atoms. The molecule has 0 saturated carbocycles. The van der Waals surface area contributed by atoms with Gasteiger partial charge in [-0.15, -0.1) is 11.6 Å². The van der Waals surface area contributed by atoms with E-state index in [2.05, 4.69) is 28.3 Å². The molecule has 1 aliphatic carbocycles. The number of hydrogen-bond acceptors (Lipinski definition) is 3. The molecular formula is C11H9ClN2O. The van der Waals surface area contributed by atoms with Gasteiger partial charge in [-0.05, 0) is 17.5 Å². The van der Waals surface area contributed by atoms with E-state index in [1.807, 2.05) is 6.07 Å². The van der Waals surface area contributed by atoms with Gasteiger partial charge in [0.05, 0.1) is 5.92 Å². The minimum absolute atomic E-state index is 0.279. The molecule has 1 unspecified atom stereocenters. The first-order valence-corrected chi connectivity index (χ1v) is 5.38. The molecule has 3 nitrogen and oxygen atoms in total. The highest BCUT2D eigenvalue weighted by Crippen LogP contribution is 2.38. The van der Waals surface area contributed by atoms with Crippen molar-refractivity contribution in [2.75, 3.05) is 0 Å². The first-order valence-electron chi connectivity index (χ1n) is 4.84. The van der Waals surface area contributed by atoms with E-state index in [1.54, 1.807) is 0 Å². The Morgan fingerprint density at radius 3 is 3.00 bits per heavy atom. The molecule has 76 valence electrons. The van der Waals surface area contributed by atoms with Crippen LogP contribution in [-0.4, -0.2) is 10.1 Å². The maximum atomic E-state index is 5.61. The molecule has 2 aromatic rings. The highest BCUT2D eigenvalue weighted by molar-refractivity contribution is 6.16. The number of aromatic nitrogens is 2. The average molecular weight is 221 g/mol. The number of alkyl halides is 1. The summed E-state index contributed by atoms with van der Waals surface area (Å²) >= 11 is 5.61. The Bertz CT molecular complexity index is 495. The minimum Gasteiger partial charge on any atom is -0.338 e. The van der Waals surface area contributed by atoms with Crippen LogP contribution in [0.5, 0.6) is 0 Å². The Morgan fingerprint density at radius 1 is 1.40 bits per heavy atom. The predicted octanol–water partition coefficient (Wildman–Crippen LogP) is 2.50. The van der Waals surface area contributed by atoms with Crippen LogP contribution in [0.2, 0.25) is 0 Å². The normalized spacial score (nSPS) is 18.3. The van der Waals surface area contributed by atoms with Gasteiger partial charge in [0.2, 0.25) is 5.89 Å². The molecule has 0 N–H and O–H groups in total. The van der Waals surface area contributed by atoms with Crippen LogP contribution < -0.4 is 0 Å². The third-order valence-corrected chi connectivity index (χ3v) is 2.99. The summed E-state index contributed by atoms with van der Waals surface area (Å²) in [5.74, 6) is 1.82. The highest BCUT2D eigenvalue weighted by Gasteiger charge is 2.30. The molecule has 1 heterocycles. The summed E-state index contributed by atoms with van der Waals surface area (Å²) < 4.78 is 4.99. The van der Waals surface area contributed by atoms with E-state index in [1.165, 1.54) is 11.1 Å². The molecule has 0 saturated heterocycles. The number of rotatable bonds is 2. The zero-order chi connectivity index (χ0) is 10.3. The van der Waals surface area contributed by atoms with Crippen molar-refractivity contribution in [2.45, 2.75) is 18.2 Å². The number of nitrogens with zero attached hydrogens (tertiary/aromatic N) is 2.